The minimum atomic E-state index is -0.871. The summed E-state index contributed by atoms with van der Waals surface area (Å²) in [6.07, 6.45) is 1.08. The van der Waals surface area contributed by atoms with Gasteiger partial charge < -0.3 is 20.3 Å². The molecule has 0 unspecified atom stereocenters. The van der Waals surface area contributed by atoms with Crippen LogP contribution in [-0.2, 0) is 11.3 Å². The molecular weight excluding hydrogens is 396 g/mol. The maximum Gasteiger partial charge on any atom is 0.409 e. The minimum Gasteiger partial charge on any atom is -0.453 e. The highest BCUT2D eigenvalue weighted by Crippen LogP contribution is 2.22. The maximum absolute atomic E-state index is 14.3. The molecule has 1 aliphatic heterocycles. The molecular formula is C20H23F2N5O3. The van der Waals surface area contributed by atoms with Crippen LogP contribution in [-0.4, -0.2) is 60.2 Å². The fourth-order valence-corrected chi connectivity index (χ4v) is 3.10. The Labute approximate surface area is 172 Å². The number of anilines is 2. The Hall–Kier alpha value is -3.27. The number of methoxy groups -OCH3 is 1. The van der Waals surface area contributed by atoms with E-state index in [0.29, 0.717) is 31.9 Å². The first kappa shape index (κ1) is 21.4. The van der Waals surface area contributed by atoms with Gasteiger partial charge in [-0.1, -0.05) is 0 Å². The van der Waals surface area contributed by atoms with Gasteiger partial charge in [-0.15, -0.1) is 0 Å². The fourth-order valence-electron chi connectivity index (χ4n) is 3.10. The summed E-state index contributed by atoms with van der Waals surface area (Å²) in [5.74, 6) is -1.57. The molecule has 1 aliphatic rings. The van der Waals surface area contributed by atoms with Gasteiger partial charge in [0.05, 0.1) is 24.7 Å². The van der Waals surface area contributed by atoms with E-state index >= 15 is 0 Å². The molecule has 2 aromatic rings. The van der Waals surface area contributed by atoms with Gasteiger partial charge in [-0.05, 0) is 25.1 Å². The van der Waals surface area contributed by atoms with E-state index in [1.165, 1.54) is 19.4 Å². The van der Waals surface area contributed by atoms with E-state index in [1.54, 1.807) is 17.0 Å². The summed E-state index contributed by atoms with van der Waals surface area (Å²) in [5, 5.41) is 4.95. The maximum atomic E-state index is 14.3. The summed E-state index contributed by atoms with van der Waals surface area (Å²) in [6, 6.07) is 4.77. The number of benzene rings is 1. The average Bonchev–Trinajstić information content (AvgIpc) is 2.73. The molecule has 160 valence electrons. The highest BCUT2D eigenvalue weighted by Gasteiger charge is 2.23. The second-order valence-electron chi connectivity index (χ2n) is 6.92. The van der Waals surface area contributed by atoms with Crippen molar-refractivity contribution in [2.75, 3.05) is 43.9 Å². The molecule has 2 N–H and O–H groups in total. The van der Waals surface area contributed by atoms with Crippen molar-refractivity contribution in [1.82, 2.24) is 14.8 Å². The van der Waals surface area contributed by atoms with Crippen LogP contribution < -0.4 is 10.6 Å². The lowest BCUT2D eigenvalue weighted by atomic mass is 10.1. The van der Waals surface area contributed by atoms with Gasteiger partial charge in [0, 0.05) is 50.0 Å². The standard InChI is InChI=1S/C20H23F2N5O3/c1-13-3-4-15(11-23-13)24-19(28)25-18-9-14(16(21)10-17(18)22)12-26-5-7-27(8-6-26)20(29)30-2/h3-4,9-11H,5-8,12H2,1-2H3,(H2,24,25,28). The number of ether oxygens (including phenoxy) is 1. The van der Waals surface area contributed by atoms with Gasteiger partial charge in [0.2, 0.25) is 0 Å². The molecule has 0 radical (unpaired) electrons. The smallest absolute Gasteiger partial charge is 0.409 e. The molecule has 2 heterocycles. The molecule has 0 saturated carbocycles. The zero-order chi connectivity index (χ0) is 21.7. The molecule has 1 aromatic heterocycles. The number of urea groups is 1. The third-order valence-corrected chi connectivity index (χ3v) is 4.75. The number of rotatable bonds is 4. The first-order chi connectivity index (χ1) is 14.4. The van der Waals surface area contributed by atoms with Crippen molar-refractivity contribution in [1.29, 1.82) is 0 Å². The number of aromatic nitrogens is 1. The summed E-state index contributed by atoms with van der Waals surface area (Å²) < 4.78 is 33.1. The normalized spacial score (nSPS) is 14.3. The number of halogens is 2. The Bertz CT molecular complexity index is 915. The number of amides is 3. The average molecular weight is 419 g/mol. The molecule has 0 aliphatic carbocycles. The molecule has 1 saturated heterocycles. The number of nitrogens with one attached hydrogen (secondary N) is 2. The molecule has 0 spiro atoms. The van der Waals surface area contributed by atoms with Crippen LogP contribution in [0.15, 0.2) is 30.5 Å². The SMILES string of the molecule is COC(=O)N1CCN(Cc2cc(NC(=O)Nc3ccc(C)nc3)c(F)cc2F)CC1. The quantitative estimate of drug-likeness (QED) is 0.795. The van der Waals surface area contributed by atoms with Gasteiger partial charge in [0.1, 0.15) is 11.6 Å². The number of pyridine rings is 1. The first-order valence-electron chi connectivity index (χ1n) is 9.39. The van der Waals surface area contributed by atoms with Crippen molar-refractivity contribution in [2.24, 2.45) is 0 Å². The Morgan fingerprint density at radius 2 is 1.83 bits per heavy atom. The van der Waals surface area contributed by atoms with Crippen molar-refractivity contribution >= 4 is 23.5 Å². The molecule has 8 nitrogen and oxygen atoms in total. The number of aryl methyl sites for hydroxylation is 1. The third kappa shape index (κ3) is 5.41. The van der Waals surface area contributed by atoms with Crippen LogP contribution in [0.2, 0.25) is 0 Å². The first-order valence-corrected chi connectivity index (χ1v) is 9.39. The molecule has 1 fully saturated rings. The molecule has 3 amide bonds. The van der Waals surface area contributed by atoms with Crippen molar-refractivity contribution < 1.29 is 23.1 Å². The zero-order valence-electron chi connectivity index (χ0n) is 16.7. The van der Waals surface area contributed by atoms with Crippen LogP contribution in [0.4, 0.5) is 29.7 Å². The second kappa shape index (κ2) is 9.49. The van der Waals surface area contributed by atoms with Crippen LogP contribution in [0.1, 0.15) is 11.3 Å². The molecule has 0 atom stereocenters. The number of hydrogen-bond acceptors (Lipinski definition) is 5. The van der Waals surface area contributed by atoms with Gasteiger partial charge in [-0.25, -0.2) is 18.4 Å². The van der Waals surface area contributed by atoms with E-state index in [0.717, 1.165) is 11.8 Å². The highest BCUT2D eigenvalue weighted by atomic mass is 19.1. The summed E-state index contributed by atoms with van der Waals surface area (Å²) in [7, 11) is 1.32. The Morgan fingerprint density at radius 3 is 2.47 bits per heavy atom. The van der Waals surface area contributed by atoms with Gasteiger partial charge in [0.15, 0.2) is 0 Å². The topological polar surface area (TPSA) is 86.8 Å². The summed E-state index contributed by atoms with van der Waals surface area (Å²) in [6.45, 7) is 3.99. The Kier molecular flexibility index (Phi) is 6.78. The van der Waals surface area contributed by atoms with Crippen LogP contribution in [0.5, 0.6) is 0 Å². The second-order valence-corrected chi connectivity index (χ2v) is 6.92. The van der Waals surface area contributed by atoms with E-state index in [4.69, 9.17) is 4.74 Å². The third-order valence-electron chi connectivity index (χ3n) is 4.75. The van der Waals surface area contributed by atoms with E-state index in [9.17, 15) is 18.4 Å². The molecule has 3 rings (SSSR count). The largest absolute Gasteiger partial charge is 0.453 e. The lowest BCUT2D eigenvalue weighted by Crippen LogP contribution is -2.48. The monoisotopic (exact) mass is 419 g/mol. The van der Waals surface area contributed by atoms with Gasteiger partial charge >= 0.3 is 12.1 Å². The van der Waals surface area contributed by atoms with E-state index in [1.807, 2.05) is 11.8 Å². The molecule has 1 aromatic carbocycles. The zero-order valence-corrected chi connectivity index (χ0v) is 16.7. The summed E-state index contributed by atoms with van der Waals surface area (Å²) in [5.41, 5.74) is 1.36. The van der Waals surface area contributed by atoms with Crippen molar-refractivity contribution in [3.8, 4) is 0 Å². The van der Waals surface area contributed by atoms with Crippen LogP contribution in [0.3, 0.4) is 0 Å². The van der Waals surface area contributed by atoms with E-state index < -0.39 is 23.8 Å². The highest BCUT2D eigenvalue weighted by molar-refractivity contribution is 5.99. The van der Waals surface area contributed by atoms with Gasteiger partial charge in [-0.2, -0.15) is 0 Å². The predicted octanol–water partition coefficient (Wildman–Crippen LogP) is 3.20. The van der Waals surface area contributed by atoms with Crippen molar-refractivity contribution in [2.45, 2.75) is 13.5 Å². The molecule has 30 heavy (non-hydrogen) atoms. The van der Waals surface area contributed by atoms with Crippen molar-refractivity contribution in [3.05, 3.63) is 53.4 Å². The van der Waals surface area contributed by atoms with Crippen molar-refractivity contribution in [3.63, 3.8) is 0 Å². The molecule has 0 bridgehead atoms. The molecule has 10 heteroatoms. The number of hydrogen-bond donors (Lipinski definition) is 2. The van der Waals surface area contributed by atoms with Gasteiger partial charge in [0.25, 0.3) is 0 Å². The number of piperazine rings is 1. The number of nitrogens with zero attached hydrogens (tertiary/aromatic N) is 3. The predicted molar refractivity (Wildman–Crippen MR) is 107 cm³/mol. The van der Waals surface area contributed by atoms with E-state index in [-0.39, 0.29) is 17.8 Å². The fraction of sp³-hybridized carbons (Fsp3) is 0.350. The number of carbonyl (C=O) groups is 2. The lowest BCUT2D eigenvalue weighted by molar-refractivity contribution is 0.0885. The minimum absolute atomic E-state index is 0.128. The number of carbonyl (C=O) groups excluding carboxylic acids is 2. The Morgan fingerprint density at radius 1 is 1.10 bits per heavy atom. The van der Waals surface area contributed by atoms with E-state index in [2.05, 4.69) is 15.6 Å². The van der Waals surface area contributed by atoms with Crippen LogP contribution >= 0.6 is 0 Å². The van der Waals surface area contributed by atoms with Crippen LogP contribution in [0.25, 0.3) is 0 Å². The van der Waals surface area contributed by atoms with Gasteiger partial charge in [-0.3, -0.25) is 9.88 Å². The van der Waals surface area contributed by atoms with Crippen LogP contribution in [0, 0.1) is 18.6 Å². The summed E-state index contributed by atoms with van der Waals surface area (Å²) in [4.78, 5) is 31.3. The Balaban J connectivity index is 1.63. The lowest BCUT2D eigenvalue weighted by Gasteiger charge is -2.33. The summed E-state index contributed by atoms with van der Waals surface area (Å²) >= 11 is 0.